The summed E-state index contributed by atoms with van der Waals surface area (Å²) in [4.78, 5) is 7.94. The molecule has 4 nitrogen and oxygen atoms in total. The number of hydrogen-bond donors (Lipinski definition) is 2. The molecule has 0 aliphatic rings. The fraction of sp³-hybridized carbons (Fsp3) is 0.231. The predicted molar refractivity (Wildman–Crippen MR) is 70.1 cm³/mol. The Morgan fingerprint density at radius 3 is 2.10 bits per heavy atom. The van der Waals surface area contributed by atoms with Crippen LogP contribution in [0.4, 0.5) is 34.9 Å². The highest BCUT2D eigenvalue weighted by atomic mass is 19.2. The number of nitrogen functional groups attached to an aromatic ring is 1. The normalized spacial score (nSPS) is 11.0. The Labute approximate surface area is 118 Å². The van der Waals surface area contributed by atoms with Gasteiger partial charge in [-0.2, -0.15) is 0 Å². The summed E-state index contributed by atoms with van der Waals surface area (Å²) in [5.74, 6) is -5.87. The Morgan fingerprint density at radius 1 is 1.00 bits per heavy atom. The van der Waals surface area contributed by atoms with E-state index >= 15 is 0 Å². The van der Waals surface area contributed by atoms with Gasteiger partial charge in [0, 0.05) is 18.1 Å². The molecule has 0 unspecified atom stereocenters. The van der Waals surface area contributed by atoms with Crippen molar-refractivity contribution in [1.29, 1.82) is 0 Å². The standard InChI is InChI=1S/C13H12F4N4/c1-5(2)13-19-8(18)4-9(21-13)20-12-10(16)6(14)3-7(15)11(12)17/h3-5H,1-2H3,(H3,18,19,20,21). The first-order chi connectivity index (χ1) is 9.79. The van der Waals surface area contributed by atoms with Gasteiger partial charge in [-0.15, -0.1) is 0 Å². The lowest BCUT2D eigenvalue weighted by molar-refractivity contribution is 0.459. The van der Waals surface area contributed by atoms with E-state index in [9.17, 15) is 17.6 Å². The number of aromatic nitrogens is 2. The van der Waals surface area contributed by atoms with E-state index in [0.717, 1.165) is 0 Å². The molecule has 0 spiro atoms. The monoisotopic (exact) mass is 300 g/mol. The number of nitrogens with two attached hydrogens (primary N) is 1. The van der Waals surface area contributed by atoms with Crippen LogP contribution in [-0.4, -0.2) is 9.97 Å². The van der Waals surface area contributed by atoms with Crippen LogP contribution >= 0.6 is 0 Å². The van der Waals surface area contributed by atoms with E-state index in [1.54, 1.807) is 13.8 Å². The van der Waals surface area contributed by atoms with Crippen LogP contribution in [0.5, 0.6) is 0 Å². The molecule has 1 aromatic carbocycles. The van der Waals surface area contributed by atoms with Crippen LogP contribution in [0.15, 0.2) is 12.1 Å². The summed E-state index contributed by atoms with van der Waals surface area (Å²) in [6.45, 7) is 3.59. The van der Waals surface area contributed by atoms with Gasteiger partial charge in [0.2, 0.25) is 0 Å². The quantitative estimate of drug-likeness (QED) is 0.673. The topological polar surface area (TPSA) is 63.8 Å². The molecule has 0 radical (unpaired) electrons. The van der Waals surface area contributed by atoms with Gasteiger partial charge in [0.15, 0.2) is 23.3 Å². The summed E-state index contributed by atoms with van der Waals surface area (Å²) in [6, 6.07) is 1.33. The van der Waals surface area contributed by atoms with Crippen molar-refractivity contribution < 1.29 is 17.6 Å². The molecule has 0 bridgehead atoms. The van der Waals surface area contributed by atoms with Gasteiger partial charge in [-0.1, -0.05) is 13.8 Å². The van der Waals surface area contributed by atoms with Crippen molar-refractivity contribution in [2.75, 3.05) is 11.1 Å². The Kier molecular flexibility index (Phi) is 3.97. The number of nitrogens with one attached hydrogen (secondary N) is 1. The van der Waals surface area contributed by atoms with Gasteiger partial charge < -0.3 is 11.1 Å². The molecule has 0 aliphatic heterocycles. The molecule has 3 N–H and O–H groups in total. The molecule has 112 valence electrons. The minimum Gasteiger partial charge on any atom is -0.384 e. The summed E-state index contributed by atoms with van der Waals surface area (Å²) in [7, 11) is 0. The molecule has 2 aromatic rings. The minimum atomic E-state index is -1.54. The van der Waals surface area contributed by atoms with Gasteiger partial charge in [0.05, 0.1) is 0 Å². The highest BCUT2D eigenvalue weighted by Crippen LogP contribution is 2.27. The lowest BCUT2D eigenvalue weighted by Gasteiger charge is -2.12. The van der Waals surface area contributed by atoms with Crippen molar-refractivity contribution in [2.45, 2.75) is 19.8 Å². The number of benzene rings is 1. The molecular formula is C13H12F4N4. The van der Waals surface area contributed by atoms with Crippen LogP contribution in [0.2, 0.25) is 0 Å². The molecule has 0 fully saturated rings. The summed E-state index contributed by atoms with van der Waals surface area (Å²) in [5, 5.41) is 2.20. The van der Waals surface area contributed by atoms with Crippen LogP contribution in [0, 0.1) is 23.3 Å². The third kappa shape index (κ3) is 3.04. The smallest absolute Gasteiger partial charge is 0.185 e. The van der Waals surface area contributed by atoms with E-state index in [1.165, 1.54) is 6.07 Å². The highest BCUT2D eigenvalue weighted by Gasteiger charge is 2.20. The van der Waals surface area contributed by atoms with E-state index in [-0.39, 0.29) is 23.6 Å². The van der Waals surface area contributed by atoms with Gasteiger partial charge >= 0.3 is 0 Å². The maximum absolute atomic E-state index is 13.6. The van der Waals surface area contributed by atoms with Gasteiger partial charge in [-0.3, -0.25) is 0 Å². The zero-order valence-corrected chi connectivity index (χ0v) is 11.2. The van der Waals surface area contributed by atoms with Crippen molar-refractivity contribution >= 4 is 17.3 Å². The summed E-state index contributed by atoms with van der Waals surface area (Å²) in [6.07, 6.45) is 0. The predicted octanol–water partition coefficient (Wildman–Crippen LogP) is 3.48. The maximum Gasteiger partial charge on any atom is 0.185 e. The van der Waals surface area contributed by atoms with Crippen molar-refractivity contribution in [1.82, 2.24) is 9.97 Å². The molecular weight excluding hydrogens is 288 g/mol. The number of halogens is 4. The van der Waals surface area contributed by atoms with Gasteiger partial charge in [0.1, 0.15) is 23.1 Å². The van der Waals surface area contributed by atoms with Crippen LogP contribution in [0.25, 0.3) is 0 Å². The van der Waals surface area contributed by atoms with Gasteiger partial charge in [-0.25, -0.2) is 27.5 Å². The largest absolute Gasteiger partial charge is 0.384 e. The van der Waals surface area contributed by atoms with E-state index in [0.29, 0.717) is 5.82 Å². The minimum absolute atomic E-state index is 0.0611. The lowest BCUT2D eigenvalue weighted by Crippen LogP contribution is -2.08. The third-order valence-electron chi connectivity index (χ3n) is 2.64. The zero-order valence-electron chi connectivity index (χ0n) is 11.2. The SMILES string of the molecule is CC(C)c1nc(N)cc(Nc2c(F)c(F)cc(F)c2F)n1. The van der Waals surface area contributed by atoms with Crippen LogP contribution in [0.1, 0.15) is 25.6 Å². The highest BCUT2D eigenvalue weighted by molar-refractivity contribution is 5.60. The summed E-state index contributed by atoms with van der Waals surface area (Å²) >= 11 is 0. The fourth-order valence-corrected chi connectivity index (χ4v) is 1.62. The molecule has 0 atom stereocenters. The Morgan fingerprint density at radius 2 is 1.57 bits per heavy atom. The molecule has 0 aliphatic carbocycles. The Hall–Kier alpha value is -2.38. The average Bonchev–Trinajstić information content (AvgIpc) is 2.41. The Balaban J connectivity index is 2.48. The lowest BCUT2D eigenvalue weighted by atomic mass is 10.2. The molecule has 0 amide bonds. The van der Waals surface area contributed by atoms with Crippen LogP contribution in [0.3, 0.4) is 0 Å². The first-order valence-electron chi connectivity index (χ1n) is 6.04. The van der Waals surface area contributed by atoms with Gasteiger partial charge in [0.25, 0.3) is 0 Å². The van der Waals surface area contributed by atoms with Crippen molar-refractivity contribution in [2.24, 2.45) is 0 Å². The Bertz CT molecular complexity index is 662. The number of rotatable bonds is 3. The van der Waals surface area contributed by atoms with Gasteiger partial charge in [-0.05, 0) is 0 Å². The number of hydrogen-bond acceptors (Lipinski definition) is 4. The average molecular weight is 300 g/mol. The summed E-state index contributed by atoms with van der Waals surface area (Å²) < 4.78 is 53.4. The fourth-order valence-electron chi connectivity index (χ4n) is 1.62. The number of anilines is 3. The molecule has 1 heterocycles. The van der Waals surface area contributed by atoms with Crippen molar-refractivity contribution in [3.05, 3.63) is 41.2 Å². The molecule has 0 saturated heterocycles. The van der Waals surface area contributed by atoms with E-state index in [4.69, 9.17) is 5.73 Å². The number of nitrogens with zero attached hydrogens (tertiary/aromatic N) is 2. The third-order valence-corrected chi connectivity index (χ3v) is 2.64. The van der Waals surface area contributed by atoms with Crippen LogP contribution < -0.4 is 11.1 Å². The van der Waals surface area contributed by atoms with Crippen molar-refractivity contribution in [3.8, 4) is 0 Å². The zero-order chi connectivity index (χ0) is 15.7. The van der Waals surface area contributed by atoms with Crippen LogP contribution in [-0.2, 0) is 0 Å². The second-order valence-corrected chi connectivity index (χ2v) is 4.66. The molecule has 1 aromatic heterocycles. The maximum atomic E-state index is 13.6. The van der Waals surface area contributed by atoms with E-state index < -0.39 is 29.0 Å². The van der Waals surface area contributed by atoms with E-state index in [1.807, 2.05) is 0 Å². The molecule has 0 saturated carbocycles. The molecule has 8 heteroatoms. The van der Waals surface area contributed by atoms with E-state index in [2.05, 4.69) is 15.3 Å². The second kappa shape index (κ2) is 5.55. The first-order valence-corrected chi connectivity index (χ1v) is 6.04. The molecule has 21 heavy (non-hydrogen) atoms. The van der Waals surface area contributed by atoms with Crippen molar-refractivity contribution in [3.63, 3.8) is 0 Å². The summed E-state index contributed by atoms with van der Waals surface area (Å²) in [5.41, 5.74) is 4.59. The second-order valence-electron chi connectivity index (χ2n) is 4.66. The first kappa shape index (κ1) is 15.0. The molecule has 2 rings (SSSR count).